The molecule has 4 heteroatoms. The molecule has 104 valence electrons. The van der Waals surface area contributed by atoms with Crippen LogP contribution in [-0.2, 0) is 19.1 Å². The lowest BCUT2D eigenvalue weighted by Gasteiger charge is -2.04. The number of hydrogen-bond donors (Lipinski definition) is 0. The van der Waals surface area contributed by atoms with Gasteiger partial charge < -0.3 is 9.47 Å². The average molecular weight is 256 g/mol. The summed E-state index contributed by atoms with van der Waals surface area (Å²) in [6.07, 6.45) is 7.65. The minimum atomic E-state index is -0.247. The summed E-state index contributed by atoms with van der Waals surface area (Å²) in [7, 11) is 0. The van der Waals surface area contributed by atoms with Crippen molar-refractivity contribution in [2.45, 2.75) is 52.4 Å². The fourth-order valence-corrected chi connectivity index (χ4v) is 1.26. The third kappa shape index (κ3) is 11.2. The molecule has 0 N–H and O–H groups in total. The molecule has 0 aromatic rings. The topological polar surface area (TPSA) is 52.6 Å². The molecule has 0 saturated carbocycles. The molecule has 0 aromatic heterocycles. The summed E-state index contributed by atoms with van der Waals surface area (Å²) >= 11 is 0. The van der Waals surface area contributed by atoms with Gasteiger partial charge in [0.15, 0.2) is 0 Å². The van der Waals surface area contributed by atoms with E-state index in [0.717, 1.165) is 19.3 Å². The standard InChI is InChI=1S/C14H24O4/c1-3-5-6-7-12-18-14(16)10-8-9-13(15)17-11-4-2/h5-6H,3-4,7-12H2,1-2H3/b6-5-. The maximum absolute atomic E-state index is 11.3. The van der Waals surface area contributed by atoms with Gasteiger partial charge in [-0.05, 0) is 25.7 Å². The Labute approximate surface area is 109 Å². The number of carbonyl (C=O) groups is 2. The molecular formula is C14H24O4. The van der Waals surface area contributed by atoms with E-state index in [-0.39, 0.29) is 24.8 Å². The predicted octanol–water partition coefficient (Wildman–Crippen LogP) is 3.01. The zero-order chi connectivity index (χ0) is 13.6. The van der Waals surface area contributed by atoms with Gasteiger partial charge in [-0.2, -0.15) is 0 Å². The number of ether oxygens (including phenoxy) is 2. The smallest absolute Gasteiger partial charge is 0.305 e. The molecule has 0 amide bonds. The van der Waals surface area contributed by atoms with Crippen LogP contribution in [0.5, 0.6) is 0 Å². The highest BCUT2D eigenvalue weighted by Crippen LogP contribution is 2.01. The molecule has 0 spiro atoms. The highest BCUT2D eigenvalue weighted by atomic mass is 16.5. The van der Waals surface area contributed by atoms with E-state index < -0.39 is 0 Å². The van der Waals surface area contributed by atoms with E-state index in [1.807, 2.05) is 19.1 Å². The van der Waals surface area contributed by atoms with Gasteiger partial charge in [-0.25, -0.2) is 0 Å². The zero-order valence-electron chi connectivity index (χ0n) is 11.4. The molecule has 0 aromatic carbocycles. The van der Waals surface area contributed by atoms with Crippen molar-refractivity contribution < 1.29 is 19.1 Å². The van der Waals surface area contributed by atoms with Crippen molar-refractivity contribution in [2.24, 2.45) is 0 Å². The summed E-state index contributed by atoms with van der Waals surface area (Å²) in [5, 5.41) is 0. The Morgan fingerprint density at radius 3 is 2.11 bits per heavy atom. The lowest BCUT2D eigenvalue weighted by Crippen LogP contribution is -2.08. The van der Waals surface area contributed by atoms with E-state index in [0.29, 0.717) is 19.6 Å². The monoisotopic (exact) mass is 256 g/mol. The van der Waals surface area contributed by atoms with Crippen molar-refractivity contribution in [1.29, 1.82) is 0 Å². The summed E-state index contributed by atoms with van der Waals surface area (Å²) in [5.74, 6) is -0.487. The molecule has 0 aliphatic rings. The normalized spacial score (nSPS) is 10.6. The highest BCUT2D eigenvalue weighted by molar-refractivity contribution is 5.72. The Morgan fingerprint density at radius 2 is 1.56 bits per heavy atom. The fourth-order valence-electron chi connectivity index (χ4n) is 1.26. The van der Waals surface area contributed by atoms with Gasteiger partial charge in [-0.3, -0.25) is 9.59 Å². The predicted molar refractivity (Wildman–Crippen MR) is 70.1 cm³/mol. The molecule has 0 atom stereocenters. The summed E-state index contributed by atoms with van der Waals surface area (Å²) < 4.78 is 9.91. The van der Waals surface area contributed by atoms with Gasteiger partial charge in [0.2, 0.25) is 0 Å². The third-order valence-electron chi connectivity index (χ3n) is 2.18. The minimum Gasteiger partial charge on any atom is -0.466 e. The molecule has 0 aliphatic carbocycles. The maximum atomic E-state index is 11.3. The van der Waals surface area contributed by atoms with E-state index in [1.165, 1.54) is 0 Å². The number of rotatable bonds is 10. The van der Waals surface area contributed by atoms with Gasteiger partial charge >= 0.3 is 11.9 Å². The molecule has 4 nitrogen and oxygen atoms in total. The number of esters is 2. The Bertz CT molecular complexity index is 259. The first-order valence-corrected chi connectivity index (χ1v) is 6.66. The van der Waals surface area contributed by atoms with Crippen LogP contribution >= 0.6 is 0 Å². The van der Waals surface area contributed by atoms with E-state index in [1.54, 1.807) is 0 Å². The minimum absolute atomic E-state index is 0.240. The molecule has 0 unspecified atom stereocenters. The van der Waals surface area contributed by atoms with Crippen LogP contribution in [-0.4, -0.2) is 25.2 Å². The Kier molecular flexibility index (Phi) is 11.3. The lowest BCUT2D eigenvalue weighted by atomic mass is 10.2. The number of carbonyl (C=O) groups excluding carboxylic acids is 2. The van der Waals surface area contributed by atoms with Crippen molar-refractivity contribution in [3.63, 3.8) is 0 Å². The van der Waals surface area contributed by atoms with Crippen LogP contribution in [0.25, 0.3) is 0 Å². The van der Waals surface area contributed by atoms with Crippen LogP contribution in [0.3, 0.4) is 0 Å². The van der Waals surface area contributed by atoms with Crippen molar-refractivity contribution in [3.8, 4) is 0 Å². The van der Waals surface area contributed by atoms with Crippen molar-refractivity contribution in [1.82, 2.24) is 0 Å². The Balaban J connectivity index is 3.41. The average Bonchev–Trinajstić information content (AvgIpc) is 2.36. The Hall–Kier alpha value is -1.32. The van der Waals surface area contributed by atoms with E-state index in [2.05, 4.69) is 6.92 Å². The molecule has 0 aliphatic heterocycles. The van der Waals surface area contributed by atoms with Crippen LogP contribution in [0.1, 0.15) is 52.4 Å². The third-order valence-corrected chi connectivity index (χ3v) is 2.18. The summed E-state index contributed by atoms with van der Waals surface area (Å²) in [6.45, 7) is 4.86. The van der Waals surface area contributed by atoms with Gasteiger partial charge in [0.05, 0.1) is 13.2 Å². The van der Waals surface area contributed by atoms with Gasteiger partial charge in [0, 0.05) is 12.8 Å². The van der Waals surface area contributed by atoms with E-state index >= 15 is 0 Å². The molecule has 0 radical (unpaired) electrons. The van der Waals surface area contributed by atoms with Crippen LogP contribution in [0.4, 0.5) is 0 Å². The van der Waals surface area contributed by atoms with Gasteiger partial charge in [0.1, 0.15) is 0 Å². The van der Waals surface area contributed by atoms with Crippen LogP contribution in [0, 0.1) is 0 Å². The van der Waals surface area contributed by atoms with Gasteiger partial charge in [-0.1, -0.05) is 26.0 Å². The summed E-state index contributed by atoms with van der Waals surface area (Å²) in [4.78, 5) is 22.4. The van der Waals surface area contributed by atoms with Crippen molar-refractivity contribution >= 4 is 11.9 Å². The molecular weight excluding hydrogens is 232 g/mol. The SMILES string of the molecule is CC/C=C\CCOC(=O)CCCC(=O)OCCC. The largest absolute Gasteiger partial charge is 0.466 e. The quantitative estimate of drug-likeness (QED) is 0.342. The summed E-state index contributed by atoms with van der Waals surface area (Å²) in [6, 6.07) is 0. The van der Waals surface area contributed by atoms with Gasteiger partial charge in [0.25, 0.3) is 0 Å². The second kappa shape index (κ2) is 12.1. The lowest BCUT2D eigenvalue weighted by molar-refractivity contribution is -0.145. The van der Waals surface area contributed by atoms with Crippen LogP contribution in [0.15, 0.2) is 12.2 Å². The molecule has 0 heterocycles. The first-order valence-electron chi connectivity index (χ1n) is 6.66. The van der Waals surface area contributed by atoms with Crippen molar-refractivity contribution in [2.75, 3.05) is 13.2 Å². The molecule has 0 rings (SSSR count). The van der Waals surface area contributed by atoms with E-state index in [9.17, 15) is 9.59 Å². The van der Waals surface area contributed by atoms with E-state index in [4.69, 9.17) is 9.47 Å². The molecule has 0 bridgehead atoms. The van der Waals surface area contributed by atoms with Crippen LogP contribution < -0.4 is 0 Å². The first-order chi connectivity index (χ1) is 8.70. The van der Waals surface area contributed by atoms with Crippen molar-refractivity contribution in [3.05, 3.63) is 12.2 Å². The number of allylic oxidation sites excluding steroid dienone is 1. The van der Waals surface area contributed by atoms with Crippen LogP contribution in [0.2, 0.25) is 0 Å². The maximum Gasteiger partial charge on any atom is 0.305 e. The highest BCUT2D eigenvalue weighted by Gasteiger charge is 2.06. The number of hydrogen-bond acceptors (Lipinski definition) is 4. The molecule has 0 saturated heterocycles. The molecule has 0 fully saturated rings. The summed E-state index contributed by atoms with van der Waals surface area (Å²) in [5.41, 5.74) is 0. The first kappa shape index (κ1) is 16.7. The zero-order valence-corrected chi connectivity index (χ0v) is 11.4. The second-order valence-electron chi connectivity index (χ2n) is 3.96. The second-order valence-corrected chi connectivity index (χ2v) is 3.96. The molecule has 18 heavy (non-hydrogen) atoms. The Morgan fingerprint density at radius 1 is 0.944 bits per heavy atom. The van der Waals surface area contributed by atoms with Gasteiger partial charge in [-0.15, -0.1) is 0 Å². The fraction of sp³-hybridized carbons (Fsp3) is 0.714.